The van der Waals surface area contributed by atoms with Gasteiger partial charge in [0.05, 0.1) is 16.6 Å². The number of aromatic nitrogens is 1. The number of hydrogen-bond donors (Lipinski definition) is 1. The lowest BCUT2D eigenvalue weighted by molar-refractivity contribution is 1.19. The summed E-state index contributed by atoms with van der Waals surface area (Å²) < 4.78 is 6.64. The molecule has 0 fully saturated rings. The van der Waals surface area contributed by atoms with Crippen molar-refractivity contribution in [2.24, 2.45) is 5.73 Å². The van der Waals surface area contributed by atoms with Gasteiger partial charge in [-0.15, -0.1) is 4.67 Å². The van der Waals surface area contributed by atoms with Gasteiger partial charge in [0.2, 0.25) is 0 Å². The maximum absolute atomic E-state index is 5.74. The highest BCUT2D eigenvalue weighted by Gasteiger charge is 2.17. The summed E-state index contributed by atoms with van der Waals surface area (Å²) in [7, 11) is 0. The van der Waals surface area contributed by atoms with Gasteiger partial charge >= 0.3 is 0 Å². The highest BCUT2D eigenvalue weighted by molar-refractivity contribution is 6.20. The van der Waals surface area contributed by atoms with Crippen LogP contribution in [0.5, 0.6) is 0 Å². The quantitative estimate of drug-likeness (QED) is 0.152. The molecule has 0 spiro atoms. The molecule has 218 valence electrons. The molecule has 0 bridgehead atoms. The summed E-state index contributed by atoms with van der Waals surface area (Å²) in [4.78, 5) is 0. The number of rotatable bonds is 6. The van der Waals surface area contributed by atoms with Crippen molar-refractivity contribution in [3.8, 4) is 27.9 Å². The number of fused-ring (bicyclic) bond motifs is 5. The predicted octanol–water partition coefficient (Wildman–Crippen LogP) is 9.75. The standard InChI is InChI=1S/C43H32N3/c1-2-29(21-23-44)32-7-6-8-33(25-32)35-16-19-40-41-20-17-36-26-34(30-11-13-31(14-12-30)37-22-24-45-28-37)15-18-39(36)43(41)46(42(40)27-35)38-9-4-3-5-10-38/h2-28H,44H2,1H3/q+1/b23-21-,29-2+. The Kier molecular flexibility index (Phi) is 6.80. The molecule has 2 N–H and O–H groups in total. The molecule has 0 aliphatic carbocycles. The Morgan fingerprint density at radius 2 is 1.37 bits per heavy atom. The minimum absolute atomic E-state index is 1.10. The van der Waals surface area contributed by atoms with E-state index in [0.717, 1.165) is 22.4 Å². The molecule has 46 heavy (non-hydrogen) atoms. The second-order valence-corrected chi connectivity index (χ2v) is 11.6. The molecular weight excluding hydrogens is 558 g/mol. The molecule has 1 aliphatic heterocycles. The fourth-order valence-electron chi connectivity index (χ4n) is 6.70. The third-order valence-electron chi connectivity index (χ3n) is 8.98. The van der Waals surface area contributed by atoms with Gasteiger partial charge in [0.15, 0.2) is 0 Å². The van der Waals surface area contributed by atoms with Crippen molar-refractivity contribution >= 4 is 56.2 Å². The lowest BCUT2D eigenvalue weighted by Gasteiger charge is -2.12. The van der Waals surface area contributed by atoms with Gasteiger partial charge in [-0.2, -0.15) is 0 Å². The SMILES string of the molecule is C/C=C(\C=C/N)c1cccc(-c2ccc3c4ccc5cc(-c6ccc(C7=CC=[N+]=C7)cc6)ccc5c4n(-c4ccccc4)c3c2)c1. The molecule has 3 nitrogen and oxygen atoms in total. The van der Waals surface area contributed by atoms with E-state index in [0.29, 0.717) is 0 Å². The molecule has 3 heteroatoms. The zero-order valence-electron chi connectivity index (χ0n) is 25.6. The number of nitrogens with two attached hydrogens (primary N) is 1. The van der Waals surface area contributed by atoms with Crippen molar-refractivity contribution in [2.75, 3.05) is 0 Å². The van der Waals surface area contributed by atoms with Crippen LogP contribution < -0.4 is 10.4 Å². The largest absolute Gasteiger partial charge is 0.405 e. The number of allylic oxidation sites excluding steroid dienone is 5. The minimum atomic E-state index is 1.10. The van der Waals surface area contributed by atoms with Crippen molar-refractivity contribution in [2.45, 2.75) is 6.92 Å². The summed E-state index contributed by atoms with van der Waals surface area (Å²) in [5, 5.41) is 4.93. The molecule has 1 aliphatic rings. The summed E-state index contributed by atoms with van der Waals surface area (Å²) in [6, 6.07) is 46.4. The van der Waals surface area contributed by atoms with Crippen molar-refractivity contribution in [1.82, 2.24) is 9.24 Å². The summed E-state index contributed by atoms with van der Waals surface area (Å²) in [5.74, 6) is 0. The van der Waals surface area contributed by atoms with Gasteiger partial charge in [0.1, 0.15) is 0 Å². The van der Waals surface area contributed by atoms with E-state index in [1.807, 2.05) is 31.5 Å². The second-order valence-electron chi connectivity index (χ2n) is 11.6. The number of para-hydroxylation sites is 1. The van der Waals surface area contributed by atoms with E-state index in [1.165, 1.54) is 60.4 Å². The molecule has 7 aromatic rings. The molecule has 0 saturated heterocycles. The first-order chi connectivity index (χ1) is 22.7. The monoisotopic (exact) mass is 590 g/mol. The van der Waals surface area contributed by atoms with Crippen molar-refractivity contribution in [1.29, 1.82) is 0 Å². The van der Waals surface area contributed by atoms with E-state index < -0.39 is 0 Å². The van der Waals surface area contributed by atoms with E-state index >= 15 is 0 Å². The average Bonchev–Trinajstić information content (AvgIpc) is 3.78. The summed E-state index contributed by atoms with van der Waals surface area (Å²) >= 11 is 0. The van der Waals surface area contributed by atoms with Crippen LogP contribution in [0.4, 0.5) is 0 Å². The van der Waals surface area contributed by atoms with Crippen LogP contribution in [0.3, 0.4) is 0 Å². The topological polar surface area (TPSA) is 45.1 Å². The van der Waals surface area contributed by atoms with Crippen LogP contribution in [0.15, 0.2) is 152 Å². The number of benzene rings is 6. The van der Waals surface area contributed by atoms with Crippen LogP contribution in [0, 0.1) is 0 Å². The van der Waals surface area contributed by atoms with Crippen LogP contribution in [-0.4, -0.2) is 17.0 Å². The minimum Gasteiger partial charge on any atom is -0.405 e. The third kappa shape index (κ3) is 4.68. The highest BCUT2D eigenvalue weighted by atomic mass is 15.0. The van der Waals surface area contributed by atoms with E-state index in [-0.39, 0.29) is 0 Å². The Balaban J connectivity index is 1.30. The van der Waals surface area contributed by atoms with Crippen LogP contribution in [0.2, 0.25) is 0 Å². The first-order valence-electron chi connectivity index (χ1n) is 15.6. The van der Waals surface area contributed by atoms with Gasteiger partial charge in [0.25, 0.3) is 12.4 Å². The van der Waals surface area contributed by atoms with Gasteiger partial charge < -0.3 is 10.3 Å². The summed E-state index contributed by atoms with van der Waals surface area (Å²) in [6.07, 6.45) is 11.4. The Morgan fingerprint density at radius 3 is 2.13 bits per heavy atom. The van der Waals surface area contributed by atoms with Gasteiger partial charge in [-0.05, 0) is 93.9 Å². The molecule has 0 unspecified atom stereocenters. The van der Waals surface area contributed by atoms with Crippen LogP contribution >= 0.6 is 0 Å². The molecule has 0 radical (unpaired) electrons. The van der Waals surface area contributed by atoms with Gasteiger partial charge in [-0.25, -0.2) is 0 Å². The highest BCUT2D eigenvalue weighted by Crippen LogP contribution is 2.39. The lowest BCUT2D eigenvalue weighted by Crippen LogP contribution is -1.94. The molecule has 6 aromatic carbocycles. The summed E-state index contributed by atoms with van der Waals surface area (Å²) in [5.41, 5.74) is 18.6. The molecule has 8 rings (SSSR count). The van der Waals surface area contributed by atoms with Crippen molar-refractivity contribution in [3.05, 3.63) is 163 Å². The molecule has 2 heterocycles. The molecule has 0 saturated carbocycles. The Labute approximate surface area is 268 Å². The van der Waals surface area contributed by atoms with E-state index in [2.05, 4.69) is 143 Å². The van der Waals surface area contributed by atoms with Gasteiger partial charge in [-0.3, -0.25) is 0 Å². The number of hydrogen-bond acceptors (Lipinski definition) is 1. The lowest BCUT2D eigenvalue weighted by atomic mass is 9.97. The Hall–Kier alpha value is -6.15. The zero-order chi connectivity index (χ0) is 31.0. The normalized spacial score (nSPS) is 13.1. The fourth-order valence-corrected chi connectivity index (χ4v) is 6.70. The van der Waals surface area contributed by atoms with Gasteiger partial charge in [0, 0.05) is 27.9 Å². The first-order valence-corrected chi connectivity index (χ1v) is 15.6. The van der Waals surface area contributed by atoms with E-state index in [4.69, 9.17) is 5.73 Å². The maximum atomic E-state index is 5.74. The third-order valence-corrected chi connectivity index (χ3v) is 8.98. The first kappa shape index (κ1) is 27.4. The molecule has 1 aromatic heterocycles. The predicted molar refractivity (Wildman–Crippen MR) is 198 cm³/mol. The molecule has 0 atom stereocenters. The van der Waals surface area contributed by atoms with Gasteiger partial charge in [-0.1, -0.05) is 103 Å². The summed E-state index contributed by atoms with van der Waals surface area (Å²) in [6.45, 7) is 2.04. The second kappa shape index (κ2) is 11.4. The Bertz CT molecular complexity index is 2450. The average molecular weight is 591 g/mol. The zero-order valence-corrected chi connectivity index (χ0v) is 25.6. The molecular formula is C43H32N3+. The number of nitrogens with zero attached hydrogens (tertiary/aromatic N) is 2. The van der Waals surface area contributed by atoms with Crippen LogP contribution in [0.1, 0.15) is 18.1 Å². The Morgan fingerprint density at radius 1 is 0.652 bits per heavy atom. The fraction of sp³-hybridized carbons (Fsp3) is 0.0233. The maximum Gasteiger partial charge on any atom is 0.300 e. The van der Waals surface area contributed by atoms with E-state index in [1.54, 1.807) is 6.20 Å². The smallest absolute Gasteiger partial charge is 0.300 e. The van der Waals surface area contributed by atoms with Crippen molar-refractivity contribution in [3.63, 3.8) is 0 Å². The van der Waals surface area contributed by atoms with Crippen LogP contribution in [-0.2, 0) is 0 Å². The van der Waals surface area contributed by atoms with Crippen LogP contribution in [0.25, 0.3) is 71.7 Å². The van der Waals surface area contributed by atoms with Crippen molar-refractivity contribution < 1.29 is 0 Å². The molecule has 0 amide bonds. The van der Waals surface area contributed by atoms with E-state index in [9.17, 15) is 0 Å².